The first kappa shape index (κ1) is 16.8. The summed E-state index contributed by atoms with van der Waals surface area (Å²) in [5.41, 5.74) is 1.03. The molecule has 1 aromatic rings. The average Bonchev–Trinajstić information content (AvgIpc) is 2.45. The van der Waals surface area contributed by atoms with Crippen LogP contribution in [0.2, 0.25) is 0 Å². The van der Waals surface area contributed by atoms with E-state index in [4.69, 9.17) is 4.74 Å². The first-order valence-electron chi connectivity index (χ1n) is 6.96. The standard InChI is InChI=1S/C15H23N3O3/c1-11(2)18-15(20)17-10-14(19)16-9-8-12-6-4-5-7-13(12)21-3/h4-7,11H,8-10H2,1-3H3,(H,16,19)(H2,17,18,20). The van der Waals surface area contributed by atoms with Crippen molar-refractivity contribution in [2.75, 3.05) is 20.2 Å². The summed E-state index contributed by atoms with van der Waals surface area (Å²) in [6.45, 7) is 4.16. The fraction of sp³-hybridized carbons (Fsp3) is 0.467. The summed E-state index contributed by atoms with van der Waals surface area (Å²) >= 11 is 0. The van der Waals surface area contributed by atoms with Crippen LogP contribution in [-0.4, -0.2) is 38.2 Å². The predicted octanol–water partition coefficient (Wildman–Crippen LogP) is 1.06. The van der Waals surface area contributed by atoms with Crippen LogP contribution in [0, 0.1) is 0 Å². The van der Waals surface area contributed by atoms with Gasteiger partial charge in [-0.3, -0.25) is 4.79 Å². The largest absolute Gasteiger partial charge is 0.496 e. The SMILES string of the molecule is COc1ccccc1CCNC(=O)CNC(=O)NC(C)C. The monoisotopic (exact) mass is 293 g/mol. The van der Waals surface area contributed by atoms with E-state index in [1.165, 1.54) is 0 Å². The maximum absolute atomic E-state index is 11.6. The van der Waals surface area contributed by atoms with Crippen LogP contribution >= 0.6 is 0 Å². The molecule has 0 spiro atoms. The summed E-state index contributed by atoms with van der Waals surface area (Å²) in [6.07, 6.45) is 0.675. The lowest BCUT2D eigenvalue weighted by Crippen LogP contribution is -2.44. The molecule has 0 radical (unpaired) electrons. The highest BCUT2D eigenvalue weighted by molar-refractivity contribution is 5.83. The molecule has 0 saturated carbocycles. The van der Waals surface area contributed by atoms with Crippen LogP contribution in [-0.2, 0) is 11.2 Å². The number of para-hydroxylation sites is 1. The third-order valence-corrected chi connectivity index (χ3v) is 2.74. The van der Waals surface area contributed by atoms with E-state index in [2.05, 4.69) is 16.0 Å². The molecule has 0 heterocycles. The van der Waals surface area contributed by atoms with Crippen molar-refractivity contribution in [3.63, 3.8) is 0 Å². The molecule has 0 fully saturated rings. The minimum atomic E-state index is -0.343. The molecule has 0 aliphatic rings. The first-order valence-corrected chi connectivity index (χ1v) is 6.96. The molecule has 6 nitrogen and oxygen atoms in total. The number of benzene rings is 1. The number of amides is 3. The van der Waals surface area contributed by atoms with Gasteiger partial charge in [0.25, 0.3) is 0 Å². The average molecular weight is 293 g/mol. The van der Waals surface area contributed by atoms with Crippen LogP contribution in [0.3, 0.4) is 0 Å². The summed E-state index contributed by atoms with van der Waals surface area (Å²) in [6, 6.07) is 7.37. The highest BCUT2D eigenvalue weighted by Crippen LogP contribution is 2.17. The van der Waals surface area contributed by atoms with E-state index in [9.17, 15) is 9.59 Å². The quantitative estimate of drug-likeness (QED) is 0.703. The van der Waals surface area contributed by atoms with Crippen LogP contribution in [0.1, 0.15) is 19.4 Å². The van der Waals surface area contributed by atoms with Crippen molar-refractivity contribution < 1.29 is 14.3 Å². The van der Waals surface area contributed by atoms with Gasteiger partial charge in [0.2, 0.25) is 5.91 Å². The van der Waals surface area contributed by atoms with Crippen LogP contribution in [0.5, 0.6) is 5.75 Å². The van der Waals surface area contributed by atoms with E-state index in [1.807, 2.05) is 38.1 Å². The molecule has 1 aromatic carbocycles. The number of hydrogen-bond donors (Lipinski definition) is 3. The number of carbonyl (C=O) groups excluding carboxylic acids is 2. The molecule has 0 bridgehead atoms. The van der Waals surface area contributed by atoms with Crippen molar-refractivity contribution in [2.45, 2.75) is 26.3 Å². The third kappa shape index (κ3) is 6.65. The van der Waals surface area contributed by atoms with Crippen molar-refractivity contribution in [3.05, 3.63) is 29.8 Å². The fourth-order valence-corrected chi connectivity index (χ4v) is 1.78. The second-order valence-corrected chi connectivity index (χ2v) is 4.89. The van der Waals surface area contributed by atoms with Gasteiger partial charge in [-0.05, 0) is 31.9 Å². The lowest BCUT2D eigenvalue weighted by Gasteiger charge is -2.11. The van der Waals surface area contributed by atoms with Crippen LogP contribution in [0.4, 0.5) is 4.79 Å². The Morgan fingerprint density at radius 2 is 1.90 bits per heavy atom. The van der Waals surface area contributed by atoms with Gasteiger partial charge in [0.1, 0.15) is 5.75 Å². The van der Waals surface area contributed by atoms with E-state index < -0.39 is 0 Å². The zero-order valence-corrected chi connectivity index (χ0v) is 12.7. The molecular formula is C15H23N3O3. The zero-order valence-electron chi connectivity index (χ0n) is 12.7. The molecule has 0 aromatic heterocycles. The van der Waals surface area contributed by atoms with Crippen LogP contribution in [0.25, 0.3) is 0 Å². The summed E-state index contributed by atoms with van der Waals surface area (Å²) < 4.78 is 5.24. The van der Waals surface area contributed by atoms with Gasteiger partial charge in [0, 0.05) is 12.6 Å². The minimum Gasteiger partial charge on any atom is -0.496 e. The van der Waals surface area contributed by atoms with Crippen molar-refractivity contribution in [1.29, 1.82) is 0 Å². The summed E-state index contributed by atoms with van der Waals surface area (Å²) in [5, 5.41) is 7.90. The second kappa shape index (κ2) is 8.84. The molecular weight excluding hydrogens is 270 g/mol. The van der Waals surface area contributed by atoms with E-state index in [1.54, 1.807) is 7.11 Å². The molecule has 0 aliphatic carbocycles. The highest BCUT2D eigenvalue weighted by atomic mass is 16.5. The molecule has 0 atom stereocenters. The van der Waals surface area contributed by atoms with Gasteiger partial charge in [-0.25, -0.2) is 4.79 Å². The Morgan fingerprint density at radius 3 is 2.57 bits per heavy atom. The molecule has 116 valence electrons. The van der Waals surface area contributed by atoms with Crippen molar-refractivity contribution in [1.82, 2.24) is 16.0 Å². The van der Waals surface area contributed by atoms with E-state index in [-0.39, 0.29) is 24.5 Å². The Morgan fingerprint density at radius 1 is 1.19 bits per heavy atom. The van der Waals surface area contributed by atoms with Gasteiger partial charge in [0.05, 0.1) is 13.7 Å². The van der Waals surface area contributed by atoms with Gasteiger partial charge in [-0.15, -0.1) is 0 Å². The Labute approximate surface area is 125 Å². The Hall–Kier alpha value is -2.24. The Bertz CT molecular complexity index is 475. The molecule has 0 unspecified atom stereocenters. The normalized spacial score (nSPS) is 10.1. The lowest BCUT2D eigenvalue weighted by atomic mass is 10.1. The summed E-state index contributed by atoms with van der Waals surface area (Å²) in [4.78, 5) is 22.9. The number of carbonyl (C=O) groups is 2. The number of urea groups is 1. The summed E-state index contributed by atoms with van der Waals surface area (Å²) in [7, 11) is 1.62. The molecule has 0 aliphatic heterocycles. The molecule has 3 N–H and O–H groups in total. The highest BCUT2D eigenvalue weighted by Gasteiger charge is 2.06. The number of methoxy groups -OCH3 is 1. The molecule has 0 saturated heterocycles. The van der Waals surface area contributed by atoms with Crippen LogP contribution < -0.4 is 20.7 Å². The predicted molar refractivity (Wildman–Crippen MR) is 81.4 cm³/mol. The lowest BCUT2D eigenvalue weighted by molar-refractivity contribution is -0.120. The van der Waals surface area contributed by atoms with E-state index in [0.717, 1.165) is 11.3 Å². The van der Waals surface area contributed by atoms with Gasteiger partial charge in [0.15, 0.2) is 0 Å². The fourth-order valence-electron chi connectivity index (χ4n) is 1.78. The zero-order chi connectivity index (χ0) is 15.7. The van der Waals surface area contributed by atoms with Gasteiger partial charge in [-0.2, -0.15) is 0 Å². The Balaban J connectivity index is 2.26. The maximum Gasteiger partial charge on any atom is 0.315 e. The number of hydrogen-bond acceptors (Lipinski definition) is 3. The molecule has 6 heteroatoms. The number of ether oxygens (including phenoxy) is 1. The topological polar surface area (TPSA) is 79.5 Å². The van der Waals surface area contributed by atoms with Gasteiger partial charge in [-0.1, -0.05) is 18.2 Å². The third-order valence-electron chi connectivity index (χ3n) is 2.74. The van der Waals surface area contributed by atoms with Crippen molar-refractivity contribution in [3.8, 4) is 5.75 Å². The van der Waals surface area contributed by atoms with Gasteiger partial charge < -0.3 is 20.7 Å². The van der Waals surface area contributed by atoms with Crippen molar-refractivity contribution >= 4 is 11.9 Å². The smallest absolute Gasteiger partial charge is 0.315 e. The van der Waals surface area contributed by atoms with Gasteiger partial charge >= 0.3 is 6.03 Å². The molecule has 1 rings (SSSR count). The van der Waals surface area contributed by atoms with E-state index in [0.29, 0.717) is 13.0 Å². The van der Waals surface area contributed by atoms with Crippen molar-refractivity contribution in [2.24, 2.45) is 0 Å². The second-order valence-electron chi connectivity index (χ2n) is 4.89. The summed E-state index contributed by atoms with van der Waals surface area (Å²) in [5.74, 6) is 0.588. The van der Waals surface area contributed by atoms with E-state index >= 15 is 0 Å². The number of rotatable bonds is 7. The Kier molecular flexibility index (Phi) is 7.08. The maximum atomic E-state index is 11.6. The minimum absolute atomic E-state index is 0.0372. The molecule has 21 heavy (non-hydrogen) atoms. The van der Waals surface area contributed by atoms with Crippen LogP contribution in [0.15, 0.2) is 24.3 Å². The molecule has 3 amide bonds. The number of nitrogens with one attached hydrogen (secondary N) is 3. The first-order chi connectivity index (χ1) is 10.0.